The Hall–Kier alpha value is -1.11. The molecule has 4 nitrogen and oxygen atoms in total. The van der Waals surface area contributed by atoms with Gasteiger partial charge in [0.05, 0.1) is 5.75 Å². The lowest BCUT2D eigenvalue weighted by molar-refractivity contribution is -0.139. The molecule has 2 amide bonds. The summed E-state index contributed by atoms with van der Waals surface area (Å²) >= 11 is 26.0. The Bertz CT molecular complexity index is 956. The Morgan fingerprint density at radius 1 is 0.969 bits per heavy atom. The van der Waals surface area contributed by atoms with Crippen LogP contribution in [-0.2, 0) is 21.9 Å². The summed E-state index contributed by atoms with van der Waals surface area (Å²) in [6, 6.07) is 9.77. The molecule has 0 spiro atoms. The van der Waals surface area contributed by atoms with Crippen LogP contribution < -0.4 is 5.32 Å². The zero-order valence-electron chi connectivity index (χ0n) is 18.1. The number of rotatable bonds is 10. The van der Waals surface area contributed by atoms with Gasteiger partial charge in [0.15, 0.2) is 0 Å². The van der Waals surface area contributed by atoms with E-state index in [9.17, 15) is 9.59 Å². The monoisotopic (exact) mass is 534 g/mol. The zero-order chi connectivity index (χ0) is 23.8. The van der Waals surface area contributed by atoms with Crippen LogP contribution in [0.1, 0.15) is 38.3 Å². The summed E-state index contributed by atoms with van der Waals surface area (Å²) < 4.78 is 0. The van der Waals surface area contributed by atoms with Gasteiger partial charge in [0.1, 0.15) is 6.04 Å². The lowest BCUT2D eigenvalue weighted by Crippen LogP contribution is -2.51. The minimum Gasteiger partial charge on any atom is -0.352 e. The highest BCUT2D eigenvalue weighted by Crippen LogP contribution is 2.27. The van der Waals surface area contributed by atoms with E-state index >= 15 is 0 Å². The molecular formula is C23H26Cl4N2O2S. The largest absolute Gasteiger partial charge is 0.352 e. The van der Waals surface area contributed by atoms with E-state index < -0.39 is 6.04 Å². The number of amides is 2. The van der Waals surface area contributed by atoms with Gasteiger partial charge in [-0.2, -0.15) is 0 Å². The van der Waals surface area contributed by atoms with Crippen molar-refractivity contribution in [1.82, 2.24) is 10.2 Å². The minimum absolute atomic E-state index is 0.0333. The van der Waals surface area contributed by atoms with Gasteiger partial charge in [0.2, 0.25) is 11.8 Å². The molecule has 174 valence electrons. The van der Waals surface area contributed by atoms with Crippen LogP contribution in [0.25, 0.3) is 0 Å². The number of hydrogen-bond acceptors (Lipinski definition) is 3. The van der Waals surface area contributed by atoms with Crippen molar-refractivity contribution in [2.24, 2.45) is 0 Å². The summed E-state index contributed by atoms with van der Waals surface area (Å²) in [6.45, 7) is 5.87. The van der Waals surface area contributed by atoms with E-state index in [1.54, 1.807) is 35.2 Å². The molecule has 32 heavy (non-hydrogen) atoms. The van der Waals surface area contributed by atoms with Crippen LogP contribution in [0, 0.1) is 0 Å². The predicted molar refractivity (Wildman–Crippen MR) is 137 cm³/mol. The summed E-state index contributed by atoms with van der Waals surface area (Å²) in [5.74, 6) is 0.394. The van der Waals surface area contributed by atoms with E-state index in [2.05, 4.69) is 5.32 Å². The SMILES string of the molecule is CC[C@H](C(=O)NC(C)C)N(Cc1ccc(Cl)cc1Cl)C(=O)CSCc1ccc(Cl)cc1Cl. The molecule has 0 fully saturated rings. The fourth-order valence-electron chi connectivity index (χ4n) is 3.10. The standard InChI is InChI=1S/C23H26Cl4N2O2S/c1-4-21(23(31)28-14(2)3)29(11-15-5-7-17(24)9-19(15)26)22(30)13-32-12-16-6-8-18(25)10-20(16)27/h5-10,14,21H,4,11-13H2,1-3H3,(H,28,31)/t21-/m1/s1. The second-order valence-corrected chi connectivity index (χ2v) is 10.2. The number of hydrogen-bond donors (Lipinski definition) is 1. The molecule has 0 aromatic heterocycles. The van der Waals surface area contributed by atoms with Crippen molar-refractivity contribution < 1.29 is 9.59 Å². The predicted octanol–water partition coefficient (Wildman–Crippen LogP) is 6.87. The lowest BCUT2D eigenvalue weighted by atomic mass is 10.1. The van der Waals surface area contributed by atoms with Crippen LogP contribution in [-0.4, -0.2) is 34.6 Å². The maximum absolute atomic E-state index is 13.2. The quantitative estimate of drug-likeness (QED) is 0.361. The van der Waals surface area contributed by atoms with Crippen molar-refractivity contribution in [2.45, 2.75) is 51.6 Å². The van der Waals surface area contributed by atoms with Crippen LogP contribution >= 0.6 is 58.2 Å². The molecule has 0 saturated heterocycles. The molecule has 0 bridgehead atoms. The van der Waals surface area contributed by atoms with E-state index in [0.29, 0.717) is 32.3 Å². The average molecular weight is 536 g/mol. The molecule has 2 rings (SSSR count). The highest BCUT2D eigenvalue weighted by atomic mass is 35.5. The van der Waals surface area contributed by atoms with E-state index in [1.165, 1.54) is 11.8 Å². The van der Waals surface area contributed by atoms with Crippen molar-refractivity contribution in [3.05, 3.63) is 67.6 Å². The molecular weight excluding hydrogens is 510 g/mol. The third kappa shape index (κ3) is 8.03. The number of nitrogens with zero attached hydrogens (tertiary/aromatic N) is 1. The van der Waals surface area contributed by atoms with Crippen molar-refractivity contribution in [3.63, 3.8) is 0 Å². The number of carbonyl (C=O) groups is 2. The summed E-state index contributed by atoms with van der Waals surface area (Å²) in [5, 5.41) is 5.00. The van der Waals surface area contributed by atoms with E-state index in [-0.39, 0.29) is 30.2 Å². The molecule has 0 aliphatic heterocycles. The Morgan fingerprint density at radius 2 is 1.53 bits per heavy atom. The molecule has 2 aromatic rings. The highest BCUT2D eigenvalue weighted by Gasteiger charge is 2.29. The third-order valence-corrected chi connectivity index (χ3v) is 6.81. The van der Waals surface area contributed by atoms with Crippen molar-refractivity contribution in [3.8, 4) is 0 Å². The molecule has 0 saturated carbocycles. The Kier molecular flexibility index (Phi) is 11.0. The van der Waals surface area contributed by atoms with Crippen LogP contribution in [0.3, 0.4) is 0 Å². The molecule has 1 atom stereocenters. The summed E-state index contributed by atoms with van der Waals surface area (Å²) in [6.07, 6.45) is 0.475. The first-order chi connectivity index (χ1) is 15.1. The first kappa shape index (κ1) is 27.1. The van der Waals surface area contributed by atoms with Gasteiger partial charge >= 0.3 is 0 Å². The van der Waals surface area contributed by atoms with Gasteiger partial charge in [-0.15, -0.1) is 11.8 Å². The molecule has 0 heterocycles. The molecule has 0 aliphatic carbocycles. The highest BCUT2D eigenvalue weighted by molar-refractivity contribution is 7.99. The van der Waals surface area contributed by atoms with Crippen LogP contribution in [0.2, 0.25) is 20.1 Å². The van der Waals surface area contributed by atoms with E-state index in [0.717, 1.165) is 11.1 Å². The van der Waals surface area contributed by atoms with Crippen LogP contribution in [0.15, 0.2) is 36.4 Å². The first-order valence-electron chi connectivity index (χ1n) is 10.2. The molecule has 0 unspecified atom stereocenters. The smallest absolute Gasteiger partial charge is 0.243 e. The molecule has 0 aliphatic rings. The maximum atomic E-state index is 13.2. The first-order valence-corrected chi connectivity index (χ1v) is 12.8. The van der Waals surface area contributed by atoms with Crippen molar-refractivity contribution >= 4 is 70.0 Å². The van der Waals surface area contributed by atoms with Gasteiger partial charge in [-0.25, -0.2) is 0 Å². The van der Waals surface area contributed by atoms with Crippen LogP contribution in [0.5, 0.6) is 0 Å². The zero-order valence-corrected chi connectivity index (χ0v) is 22.0. The molecule has 1 N–H and O–H groups in total. The van der Waals surface area contributed by atoms with Crippen LogP contribution in [0.4, 0.5) is 0 Å². The van der Waals surface area contributed by atoms with Gasteiger partial charge in [-0.05, 0) is 55.7 Å². The van der Waals surface area contributed by atoms with Gasteiger partial charge < -0.3 is 10.2 Å². The van der Waals surface area contributed by atoms with Gasteiger partial charge in [-0.3, -0.25) is 9.59 Å². The Morgan fingerprint density at radius 3 is 2.03 bits per heavy atom. The molecule has 2 aromatic carbocycles. The lowest BCUT2D eigenvalue weighted by Gasteiger charge is -2.31. The fraction of sp³-hybridized carbons (Fsp3) is 0.391. The number of benzene rings is 2. The maximum Gasteiger partial charge on any atom is 0.243 e. The Labute approximate surface area is 213 Å². The van der Waals surface area contributed by atoms with Gasteiger partial charge in [-0.1, -0.05) is 65.5 Å². The number of nitrogens with one attached hydrogen (secondary N) is 1. The topological polar surface area (TPSA) is 49.4 Å². The minimum atomic E-state index is -0.614. The molecule has 0 radical (unpaired) electrons. The normalized spacial score (nSPS) is 12.0. The Balaban J connectivity index is 2.19. The number of thioether (sulfide) groups is 1. The summed E-state index contributed by atoms with van der Waals surface area (Å²) in [7, 11) is 0. The van der Waals surface area contributed by atoms with Crippen molar-refractivity contribution in [2.75, 3.05) is 5.75 Å². The molecule has 9 heteroatoms. The third-order valence-electron chi connectivity index (χ3n) is 4.67. The second kappa shape index (κ2) is 13.0. The van der Waals surface area contributed by atoms with E-state index in [4.69, 9.17) is 46.4 Å². The second-order valence-electron chi connectivity index (χ2n) is 7.57. The summed E-state index contributed by atoms with van der Waals surface area (Å²) in [4.78, 5) is 27.7. The van der Waals surface area contributed by atoms with Gasteiger partial charge in [0.25, 0.3) is 0 Å². The summed E-state index contributed by atoms with van der Waals surface area (Å²) in [5.41, 5.74) is 1.62. The van der Waals surface area contributed by atoms with Crippen molar-refractivity contribution in [1.29, 1.82) is 0 Å². The number of carbonyl (C=O) groups excluding carboxylic acids is 2. The van der Waals surface area contributed by atoms with Gasteiger partial charge in [0, 0.05) is 38.4 Å². The fourth-order valence-corrected chi connectivity index (χ4v) is 5.04. The number of halogens is 4. The van der Waals surface area contributed by atoms with E-state index in [1.807, 2.05) is 26.8 Å². The average Bonchev–Trinajstić information content (AvgIpc) is 2.70.